The third-order valence-electron chi connectivity index (χ3n) is 4.32. The zero-order valence-corrected chi connectivity index (χ0v) is 18.3. The van der Waals surface area contributed by atoms with Crippen LogP contribution in [0.2, 0.25) is 0 Å². The molecule has 2 rings (SSSR count). The summed E-state index contributed by atoms with van der Waals surface area (Å²) in [5, 5.41) is 6.54. The van der Waals surface area contributed by atoms with Crippen molar-refractivity contribution in [2.45, 2.75) is 18.8 Å². The van der Waals surface area contributed by atoms with E-state index in [0.29, 0.717) is 36.3 Å². The Morgan fingerprint density at radius 2 is 1.62 bits per heavy atom. The van der Waals surface area contributed by atoms with Crippen molar-refractivity contribution < 1.29 is 18.6 Å². The number of methoxy groups -OCH3 is 3. The smallest absolute Gasteiger partial charge is 0.203 e. The van der Waals surface area contributed by atoms with E-state index in [1.807, 2.05) is 18.4 Å². The fraction of sp³-hybridized carbons (Fsp3) is 0.381. The molecule has 0 amide bonds. The Morgan fingerprint density at radius 3 is 2.17 bits per heavy atom. The second kappa shape index (κ2) is 11.4. The van der Waals surface area contributed by atoms with Gasteiger partial charge >= 0.3 is 0 Å². The molecule has 0 unspecified atom stereocenters. The van der Waals surface area contributed by atoms with Gasteiger partial charge in [0.2, 0.25) is 5.75 Å². The van der Waals surface area contributed by atoms with Crippen LogP contribution in [0.5, 0.6) is 17.2 Å². The Balaban J connectivity index is 2.05. The van der Waals surface area contributed by atoms with Crippen molar-refractivity contribution in [1.82, 2.24) is 10.6 Å². The molecule has 0 aliphatic rings. The van der Waals surface area contributed by atoms with Crippen LogP contribution in [0.15, 0.2) is 35.3 Å². The van der Waals surface area contributed by atoms with Crippen LogP contribution in [0.1, 0.15) is 16.7 Å². The molecule has 0 heterocycles. The van der Waals surface area contributed by atoms with E-state index in [1.165, 1.54) is 6.07 Å². The summed E-state index contributed by atoms with van der Waals surface area (Å²) < 4.78 is 29.7. The molecule has 29 heavy (non-hydrogen) atoms. The highest BCUT2D eigenvalue weighted by Crippen LogP contribution is 2.38. The average molecular weight is 422 g/mol. The zero-order valence-electron chi connectivity index (χ0n) is 17.5. The highest BCUT2D eigenvalue weighted by atomic mass is 32.2. The molecular weight excluding hydrogens is 393 g/mol. The van der Waals surface area contributed by atoms with Gasteiger partial charge < -0.3 is 24.8 Å². The van der Waals surface area contributed by atoms with Crippen molar-refractivity contribution in [3.63, 3.8) is 0 Å². The first-order valence-corrected chi connectivity index (χ1v) is 10.4. The van der Waals surface area contributed by atoms with Crippen LogP contribution in [0.25, 0.3) is 0 Å². The zero-order chi connectivity index (χ0) is 21.2. The minimum absolute atomic E-state index is 0.220. The lowest BCUT2D eigenvalue weighted by atomic mass is 10.1. The second-order valence-corrected chi connectivity index (χ2v) is 7.02. The van der Waals surface area contributed by atoms with Gasteiger partial charge in [-0.2, -0.15) is 11.8 Å². The summed E-state index contributed by atoms with van der Waals surface area (Å²) in [5.74, 6) is 2.92. The van der Waals surface area contributed by atoms with Gasteiger partial charge in [0.05, 0.1) is 21.3 Å². The maximum Gasteiger partial charge on any atom is 0.203 e. The van der Waals surface area contributed by atoms with E-state index in [2.05, 4.69) is 15.6 Å². The lowest BCUT2D eigenvalue weighted by Gasteiger charge is -2.16. The SMILES string of the molecule is CN=C(NCc1cc(OC)c(OC)c(OC)c1)NCc1ccc(F)cc1CSC. The van der Waals surface area contributed by atoms with Gasteiger partial charge in [-0.1, -0.05) is 6.07 Å². The summed E-state index contributed by atoms with van der Waals surface area (Å²) in [6, 6.07) is 8.64. The molecule has 0 radical (unpaired) electrons. The molecule has 158 valence electrons. The predicted molar refractivity (Wildman–Crippen MR) is 117 cm³/mol. The van der Waals surface area contributed by atoms with Crippen LogP contribution in [-0.2, 0) is 18.8 Å². The monoisotopic (exact) mass is 421 g/mol. The largest absolute Gasteiger partial charge is 0.493 e. The molecule has 0 fully saturated rings. The summed E-state index contributed by atoms with van der Waals surface area (Å²) in [6.07, 6.45) is 2.00. The van der Waals surface area contributed by atoms with Gasteiger partial charge in [0.1, 0.15) is 5.82 Å². The molecule has 6 nitrogen and oxygen atoms in total. The Morgan fingerprint density at radius 1 is 0.966 bits per heavy atom. The molecule has 2 N–H and O–H groups in total. The van der Waals surface area contributed by atoms with Crippen LogP contribution in [-0.4, -0.2) is 40.6 Å². The predicted octanol–water partition coefficient (Wildman–Crippen LogP) is 3.58. The van der Waals surface area contributed by atoms with Gasteiger partial charge in [-0.3, -0.25) is 4.99 Å². The highest BCUT2D eigenvalue weighted by molar-refractivity contribution is 7.97. The number of ether oxygens (including phenoxy) is 3. The van der Waals surface area contributed by atoms with Crippen LogP contribution in [0.4, 0.5) is 4.39 Å². The number of nitrogens with one attached hydrogen (secondary N) is 2. The Bertz CT molecular complexity index is 821. The van der Waals surface area contributed by atoms with E-state index in [-0.39, 0.29) is 5.82 Å². The summed E-state index contributed by atoms with van der Waals surface area (Å²) in [4.78, 5) is 4.26. The Hall–Kier alpha value is -2.61. The van der Waals surface area contributed by atoms with Gasteiger partial charge in [-0.25, -0.2) is 4.39 Å². The molecular formula is C21H28FN3O3S. The third-order valence-corrected chi connectivity index (χ3v) is 4.92. The molecule has 0 aliphatic carbocycles. The molecule has 0 aliphatic heterocycles. The molecule has 2 aromatic rings. The number of nitrogens with zero attached hydrogens (tertiary/aromatic N) is 1. The lowest BCUT2D eigenvalue weighted by molar-refractivity contribution is 0.323. The number of guanidine groups is 1. The van der Waals surface area contributed by atoms with Crippen molar-refractivity contribution in [3.8, 4) is 17.2 Å². The fourth-order valence-electron chi connectivity index (χ4n) is 2.88. The van der Waals surface area contributed by atoms with Crippen LogP contribution in [0, 0.1) is 5.82 Å². The quantitative estimate of drug-likeness (QED) is 0.477. The summed E-state index contributed by atoms with van der Waals surface area (Å²) >= 11 is 1.66. The standard InChI is InChI=1S/C21H28FN3O3S/c1-23-21(25-12-15-6-7-17(22)10-16(15)13-29-5)24-11-14-8-18(26-2)20(28-4)19(9-14)27-3/h6-10H,11-13H2,1-5H3,(H2,23,24,25). The van der Waals surface area contributed by atoms with Gasteiger partial charge in [0.15, 0.2) is 17.5 Å². The minimum Gasteiger partial charge on any atom is -0.493 e. The van der Waals surface area contributed by atoms with E-state index >= 15 is 0 Å². The Labute approximate surface area is 175 Å². The number of hydrogen-bond donors (Lipinski definition) is 2. The number of rotatable bonds is 9. The number of halogens is 1. The number of hydrogen-bond acceptors (Lipinski definition) is 5. The van der Waals surface area contributed by atoms with Crippen molar-refractivity contribution >= 4 is 17.7 Å². The third kappa shape index (κ3) is 6.19. The molecule has 0 atom stereocenters. The average Bonchev–Trinajstić information content (AvgIpc) is 2.74. The van der Waals surface area contributed by atoms with Crippen LogP contribution >= 0.6 is 11.8 Å². The van der Waals surface area contributed by atoms with Crippen LogP contribution in [0.3, 0.4) is 0 Å². The minimum atomic E-state index is -0.220. The molecule has 0 aromatic heterocycles. The maximum atomic E-state index is 13.5. The fourth-order valence-corrected chi connectivity index (χ4v) is 3.46. The van der Waals surface area contributed by atoms with Gasteiger partial charge in [0, 0.05) is 25.9 Å². The van der Waals surface area contributed by atoms with E-state index in [4.69, 9.17) is 14.2 Å². The van der Waals surface area contributed by atoms with E-state index in [0.717, 1.165) is 22.4 Å². The summed E-state index contributed by atoms with van der Waals surface area (Å²) in [6.45, 7) is 1.06. The van der Waals surface area contributed by atoms with Crippen molar-refractivity contribution in [2.24, 2.45) is 4.99 Å². The molecule has 0 saturated heterocycles. The van der Waals surface area contributed by atoms with Crippen molar-refractivity contribution in [2.75, 3.05) is 34.6 Å². The molecule has 2 aromatic carbocycles. The first kappa shape index (κ1) is 22.7. The van der Waals surface area contributed by atoms with Gasteiger partial charge in [-0.05, 0) is 47.2 Å². The number of aliphatic imine (C=N–C) groups is 1. The Kier molecular flexibility index (Phi) is 8.92. The summed E-state index contributed by atoms with van der Waals surface area (Å²) in [5.41, 5.74) is 2.97. The maximum absolute atomic E-state index is 13.5. The molecule has 0 saturated carbocycles. The molecule has 8 heteroatoms. The number of thioether (sulfide) groups is 1. The van der Waals surface area contributed by atoms with Crippen LogP contribution < -0.4 is 24.8 Å². The summed E-state index contributed by atoms with van der Waals surface area (Å²) in [7, 11) is 6.45. The number of benzene rings is 2. The van der Waals surface area contributed by atoms with E-state index < -0.39 is 0 Å². The topological polar surface area (TPSA) is 64.1 Å². The first-order chi connectivity index (χ1) is 14.1. The van der Waals surface area contributed by atoms with Crippen molar-refractivity contribution in [3.05, 3.63) is 52.8 Å². The van der Waals surface area contributed by atoms with Gasteiger partial charge in [-0.15, -0.1) is 0 Å². The molecule has 0 spiro atoms. The first-order valence-electron chi connectivity index (χ1n) is 9.05. The normalized spacial score (nSPS) is 11.2. The van der Waals surface area contributed by atoms with Gasteiger partial charge in [0.25, 0.3) is 0 Å². The van der Waals surface area contributed by atoms with Crippen molar-refractivity contribution in [1.29, 1.82) is 0 Å². The van der Waals surface area contributed by atoms with E-state index in [1.54, 1.807) is 52.3 Å². The second-order valence-electron chi connectivity index (χ2n) is 6.16. The van der Waals surface area contributed by atoms with E-state index in [9.17, 15) is 4.39 Å². The molecule has 0 bridgehead atoms. The highest BCUT2D eigenvalue weighted by Gasteiger charge is 2.13. The lowest BCUT2D eigenvalue weighted by Crippen LogP contribution is -2.36.